The zero-order valence-corrected chi connectivity index (χ0v) is 9.98. The van der Waals surface area contributed by atoms with E-state index >= 15 is 0 Å². The van der Waals surface area contributed by atoms with Gasteiger partial charge in [0.1, 0.15) is 5.75 Å². The number of ether oxygens (including phenoxy) is 1. The maximum absolute atomic E-state index is 10.3. The molecule has 1 aliphatic carbocycles. The van der Waals surface area contributed by atoms with E-state index in [1.165, 1.54) is 0 Å². The lowest BCUT2D eigenvalue weighted by Crippen LogP contribution is -2.40. The average molecular weight is 256 g/mol. The Labute approximate surface area is 105 Å². The first-order valence-electron chi connectivity index (χ1n) is 5.52. The van der Waals surface area contributed by atoms with Crippen LogP contribution in [-0.2, 0) is 0 Å². The Balaban J connectivity index is 1.70. The summed E-state index contributed by atoms with van der Waals surface area (Å²) in [5, 5.41) is 11.5. The molecule has 1 saturated carbocycles. The fourth-order valence-corrected chi connectivity index (χ4v) is 2.00. The zero-order valence-electron chi connectivity index (χ0n) is 9.23. The molecule has 0 radical (unpaired) electrons. The van der Waals surface area contributed by atoms with Crippen molar-refractivity contribution in [3.63, 3.8) is 0 Å². The Hall–Kier alpha value is -1.42. The van der Waals surface area contributed by atoms with E-state index in [9.17, 15) is 4.79 Å². The molecule has 1 fully saturated rings. The molecule has 4 nitrogen and oxygen atoms in total. The second-order valence-corrected chi connectivity index (χ2v) is 4.65. The lowest BCUT2D eigenvalue weighted by atomic mass is 9.82. The molecule has 0 atom stereocenters. The summed E-state index contributed by atoms with van der Waals surface area (Å²) in [6.07, 6.45) is 1.01. The highest BCUT2D eigenvalue weighted by atomic mass is 35.5. The molecule has 92 valence electrons. The summed E-state index contributed by atoms with van der Waals surface area (Å²) in [5.74, 6) is 1.20. The van der Waals surface area contributed by atoms with Crippen molar-refractivity contribution in [1.82, 2.24) is 5.32 Å². The molecule has 0 bridgehead atoms. The number of rotatable bonds is 4. The number of nitrogens with one attached hydrogen (secondary N) is 1. The van der Waals surface area contributed by atoms with Gasteiger partial charge in [0.2, 0.25) is 0 Å². The quantitative estimate of drug-likeness (QED) is 0.870. The Kier molecular flexibility index (Phi) is 3.74. The first-order chi connectivity index (χ1) is 8.13. The highest BCUT2D eigenvalue weighted by Gasteiger charge is 2.30. The predicted octanol–water partition coefficient (Wildman–Crippen LogP) is 2.77. The lowest BCUT2D eigenvalue weighted by Gasteiger charge is -2.35. The van der Waals surface area contributed by atoms with Gasteiger partial charge in [0.15, 0.2) is 0 Å². The minimum atomic E-state index is -0.966. The summed E-state index contributed by atoms with van der Waals surface area (Å²) in [6.45, 7) is 0.510. The summed E-state index contributed by atoms with van der Waals surface area (Å²) >= 11 is 5.77. The minimum Gasteiger partial charge on any atom is -0.490 e. The van der Waals surface area contributed by atoms with E-state index < -0.39 is 6.09 Å². The molecule has 0 heterocycles. The number of halogens is 1. The smallest absolute Gasteiger partial charge is 0.404 e. The maximum atomic E-state index is 10.3. The Morgan fingerprint density at radius 1 is 1.41 bits per heavy atom. The first kappa shape index (κ1) is 12.0. The van der Waals surface area contributed by atoms with Crippen molar-refractivity contribution in [3.8, 4) is 5.75 Å². The van der Waals surface area contributed by atoms with E-state index in [4.69, 9.17) is 21.4 Å². The van der Waals surface area contributed by atoms with Crippen LogP contribution in [0.5, 0.6) is 5.75 Å². The van der Waals surface area contributed by atoms with Crippen LogP contribution in [0.3, 0.4) is 0 Å². The summed E-state index contributed by atoms with van der Waals surface area (Å²) in [7, 11) is 0. The SMILES string of the molecule is O=C(O)NCC1CC(Oc2ccc(Cl)cc2)C1. The van der Waals surface area contributed by atoms with Crippen molar-refractivity contribution >= 4 is 17.7 Å². The lowest BCUT2D eigenvalue weighted by molar-refractivity contribution is 0.0645. The number of carboxylic acid groups (broad SMARTS) is 1. The van der Waals surface area contributed by atoms with E-state index in [-0.39, 0.29) is 6.10 Å². The third kappa shape index (κ3) is 3.53. The normalized spacial score (nSPS) is 22.6. The zero-order chi connectivity index (χ0) is 12.3. The molecule has 0 aliphatic heterocycles. The Morgan fingerprint density at radius 2 is 2.06 bits per heavy atom. The van der Waals surface area contributed by atoms with Gasteiger partial charge >= 0.3 is 6.09 Å². The molecule has 0 saturated heterocycles. The number of carbonyl (C=O) groups is 1. The first-order valence-corrected chi connectivity index (χ1v) is 5.90. The average Bonchev–Trinajstić information content (AvgIpc) is 2.23. The van der Waals surface area contributed by atoms with Crippen molar-refractivity contribution in [2.45, 2.75) is 18.9 Å². The van der Waals surface area contributed by atoms with Crippen LogP contribution >= 0.6 is 11.6 Å². The van der Waals surface area contributed by atoms with Crippen LogP contribution in [0.15, 0.2) is 24.3 Å². The number of amides is 1. The van der Waals surface area contributed by atoms with E-state index in [1.54, 1.807) is 12.1 Å². The second-order valence-electron chi connectivity index (χ2n) is 4.22. The summed E-state index contributed by atoms with van der Waals surface area (Å²) in [6, 6.07) is 7.26. The molecular formula is C12H14ClNO3. The molecule has 0 unspecified atom stereocenters. The number of hydrogen-bond donors (Lipinski definition) is 2. The van der Waals surface area contributed by atoms with Crippen LogP contribution in [0.25, 0.3) is 0 Å². The van der Waals surface area contributed by atoms with Crippen molar-refractivity contribution in [3.05, 3.63) is 29.3 Å². The van der Waals surface area contributed by atoms with Crippen LogP contribution in [0.4, 0.5) is 4.79 Å². The third-order valence-electron chi connectivity index (χ3n) is 2.85. The number of benzene rings is 1. The van der Waals surface area contributed by atoms with Gasteiger partial charge in [0.05, 0.1) is 6.10 Å². The highest BCUT2D eigenvalue weighted by Crippen LogP contribution is 2.31. The van der Waals surface area contributed by atoms with Gasteiger partial charge in [-0.15, -0.1) is 0 Å². The molecule has 1 aliphatic rings. The fourth-order valence-electron chi connectivity index (χ4n) is 1.87. The van der Waals surface area contributed by atoms with E-state index in [1.807, 2.05) is 12.1 Å². The van der Waals surface area contributed by atoms with Crippen molar-refractivity contribution in [2.75, 3.05) is 6.54 Å². The highest BCUT2D eigenvalue weighted by molar-refractivity contribution is 6.30. The van der Waals surface area contributed by atoms with Gasteiger partial charge in [-0.1, -0.05) is 11.6 Å². The molecule has 1 amide bonds. The standard InChI is InChI=1S/C12H14ClNO3/c13-9-1-3-10(4-2-9)17-11-5-8(6-11)7-14-12(15)16/h1-4,8,11,14H,5-7H2,(H,15,16). The van der Waals surface area contributed by atoms with Crippen LogP contribution in [0, 0.1) is 5.92 Å². The molecule has 17 heavy (non-hydrogen) atoms. The van der Waals surface area contributed by atoms with Crippen LogP contribution in [0.2, 0.25) is 5.02 Å². The van der Waals surface area contributed by atoms with Gasteiger partial charge in [-0.25, -0.2) is 4.79 Å². The van der Waals surface area contributed by atoms with Crippen molar-refractivity contribution in [1.29, 1.82) is 0 Å². The molecule has 5 heteroatoms. The third-order valence-corrected chi connectivity index (χ3v) is 3.10. The molecule has 1 aromatic rings. The van der Waals surface area contributed by atoms with Crippen molar-refractivity contribution < 1.29 is 14.6 Å². The number of hydrogen-bond acceptors (Lipinski definition) is 2. The van der Waals surface area contributed by atoms with E-state index in [2.05, 4.69) is 5.32 Å². The predicted molar refractivity (Wildman–Crippen MR) is 64.6 cm³/mol. The summed E-state index contributed by atoms with van der Waals surface area (Å²) in [4.78, 5) is 10.3. The maximum Gasteiger partial charge on any atom is 0.404 e. The molecular weight excluding hydrogens is 242 g/mol. The largest absolute Gasteiger partial charge is 0.490 e. The van der Waals surface area contributed by atoms with Gasteiger partial charge in [-0.2, -0.15) is 0 Å². The van der Waals surface area contributed by atoms with Crippen molar-refractivity contribution in [2.24, 2.45) is 5.92 Å². The van der Waals surface area contributed by atoms with E-state index in [0.29, 0.717) is 17.5 Å². The molecule has 0 aromatic heterocycles. The van der Waals surface area contributed by atoms with Crippen LogP contribution < -0.4 is 10.1 Å². The minimum absolute atomic E-state index is 0.191. The van der Waals surface area contributed by atoms with Gasteiger partial charge in [-0.3, -0.25) is 0 Å². The summed E-state index contributed by atoms with van der Waals surface area (Å²) < 4.78 is 5.71. The van der Waals surface area contributed by atoms with Gasteiger partial charge in [-0.05, 0) is 43.0 Å². The monoisotopic (exact) mass is 255 g/mol. The molecule has 0 spiro atoms. The molecule has 2 N–H and O–H groups in total. The van der Waals surface area contributed by atoms with Crippen LogP contribution in [-0.4, -0.2) is 23.8 Å². The van der Waals surface area contributed by atoms with Crippen LogP contribution in [0.1, 0.15) is 12.8 Å². The second kappa shape index (κ2) is 5.27. The molecule has 1 aromatic carbocycles. The van der Waals surface area contributed by atoms with Gasteiger partial charge in [0.25, 0.3) is 0 Å². The molecule has 2 rings (SSSR count). The Morgan fingerprint density at radius 3 is 2.65 bits per heavy atom. The Bertz CT molecular complexity index is 387. The van der Waals surface area contributed by atoms with Gasteiger partial charge in [0, 0.05) is 11.6 Å². The van der Waals surface area contributed by atoms with Gasteiger partial charge < -0.3 is 15.2 Å². The summed E-state index contributed by atoms with van der Waals surface area (Å²) in [5.41, 5.74) is 0. The topological polar surface area (TPSA) is 58.6 Å². The van der Waals surface area contributed by atoms with E-state index in [0.717, 1.165) is 18.6 Å². The fraction of sp³-hybridized carbons (Fsp3) is 0.417.